The van der Waals surface area contributed by atoms with Crippen molar-refractivity contribution >= 4 is 17.7 Å². The number of benzene rings is 3. The van der Waals surface area contributed by atoms with Crippen LogP contribution < -0.4 is 5.32 Å². The zero-order valence-electron chi connectivity index (χ0n) is 20.5. The van der Waals surface area contributed by atoms with Gasteiger partial charge < -0.3 is 19.5 Å². The van der Waals surface area contributed by atoms with Gasteiger partial charge in [-0.15, -0.1) is 0 Å². The number of aryl methyl sites for hydroxylation is 1. The first-order valence-electron chi connectivity index (χ1n) is 12.2. The Morgan fingerprint density at radius 2 is 1.78 bits per heavy atom. The number of rotatable bonds is 5. The molecular weight excluding hydrogens is 450 g/mol. The van der Waals surface area contributed by atoms with E-state index in [1.807, 2.05) is 53.4 Å². The quantitative estimate of drug-likeness (QED) is 0.356. The number of amides is 2. The van der Waals surface area contributed by atoms with Crippen LogP contribution in [0.3, 0.4) is 0 Å². The number of ether oxygens (including phenoxy) is 1. The molecular formula is C30H29N3O3. The molecule has 0 aliphatic carbocycles. The topological polar surface area (TPSA) is 63.6 Å². The Labute approximate surface area is 211 Å². The van der Waals surface area contributed by atoms with Gasteiger partial charge >= 0.3 is 12.0 Å². The van der Waals surface area contributed by atoms with Crippen LogP contribution in [0.1, 0.15) is 40.9 Å². The number of hydrogen-bond donors (Lipinski definition) is 1. The normalized spacial score (nSPS) is 14.4. The van der Waals surface area contributed by atoms with Gasteiger partial charge in [-0.1, -0.05) is 60.2 Å². The van der Waals surface area contributed by atoms with Gasteiger partial charge in [-0.25, -0.2) is 4.79 Å². The maximum atomic E-state index is 13.8. The molecule has 0 spiro atoms. The van der Waals surface area contributed by atoms with Gasteiger partial charge in [-0.05, 0) is 60.9 Å². The van der Waals surface area contributed by atoms with Crippen LogP contribution in [0.25, 0.3) is 5.69 Å². The van der Waals surface area contributed by atoms with Gasteiger partial charge in [-0.2, -0.15) is 0 Å². The lowest BCUT2D eigenvalue weighted by atomic mass is 10.00. The number of nitrogens with zero attached hydrogens (tertiary/aromatic N) is 2. The molecule has 36 heavy (non-hydrogen) atoms. The Bertz CT molecular complexity index is 1390. The first-order chi connectivity index (χ1) is 17.5. The highest BCUT2D eigenvalue weighted by atomic mass is 16.5. The molecule has 0 radical (unpaired) electrons. The van der Waals surface area contributed by atoms with Crippen LogP contribution in [0.15, 0.2) is 91.1 Å². The van der Waals surface area contributed by atoms with Crippen molar-refractivity contribution < 1.29 is 14.3 Å². The summed E-state index contributed by atoms with van der Waals surface area (Å²) in [5.41, 5.74) is 6.89. The summed E-state index contributed by atoms with van der Waals surface area (Å²) in [6.07, 6.45) is 2.26. The molecule has 5 rings (SSSR count). The highest BCUT2D eigenvalue weighted by Crippen LogP contribution is 2.37. The first kappa shape index (κ1) is 23.4. The van der Waals surface area contributed by atoms with Gasteiger partial charge in [0.05, 0.1) is 31.3 Å². The molecule has 2 heterocycles. The Morgan fingerprint density at radius 3 is 2.56 bits per heavy atom. The largest absolute Gasteiger partial charge is 0.466 e. The summed E-state index contributed by atoms with van der Waals surface area (Å²) in [5.74, 6) is -0.262. The molecule has 1 aliphatic rings. The summed E-state index contributed by atoms with van der Waals surface area (Å²) in [4.78, 5) is 27.5. The van der Waals surface area contributed by atoms with Crippen LogP contribution >= 0.6 is 0 Å². The van der Waals surface area contributed by atoms with E-state index in [-0.39, 0.29) is 24.5 Å². The SMILES string of the molecule is CCOC(=O)Cc1ccc(NC(=O)N2Cc3ccccc3-n3cccc3C2c2cccc(C)c2)cc1. The standard InChI is InChI=1S/C30H29N3O3/c1-3-36-28(34)19-22-13-15-25(16-14-22)31-30(35)33-20-24-9-4-5-11-26(24)32-17-7-12-27(32)29(33)23-10-6-8-21(2)18-23/h4-18,29H,3,19-20H2,1-2H3,(H,31,35). The van der Waals surface area contributed by atoms with Crippen LogP contribution in [0.5, 0.6) is 0 Å². The Hall–Kier alpha value is -4.32. The summed E-state index contributed by atoms with van der Waals surface area (Å²) in [6, 6.07) is 27.5. The Morgan fingerprint density at radius 1 is 0.972 bits per heavy atom. The van der Waals surface area contributed by atoms with Crippen molar-refractivity contribution in [2.45, 2.75) is 32.9 Å². The van der Waals surface area contributed by atoms with E-state index in [0.717, 1.165) is 33.6 Å². The summed E-state index contributed by atoms with van der Waals surface area (Å²) >= 11 is 0. The van der Waals surface area contributed by atoms with E-state index in [2.05, 4.69) is 59.4 Å². The molecule has 1 aromatic heterocycles. The third-order valence-corrected chi connectivity index (χ3v) is 6.44. The van der Waals surface area contributed by atoms with E-state index < -0.39 is 0 Å². The second-order valence-electron chi connectivity index (χ2n) is 8.99. The van der Waals surface area contributed by atoms with E-state index in [0.29, 0.717) is 18.8 Å². The fraction of sp³-hybridized carbons (Fsp3) is 0.200. The second-order valence-corrected chi connectivity index (χ2v) is 8.99. The van der Waals surface area contributed by atoms with Crippen LogP contribution in [0.4, 0.5) is 10.5 Å². The molecule has 1 atom stereocenters. The van der Waals surface area contributed by atoms with Gasteiger partial charge in [0.1, 0.15) is 0 Å². The molecule has 182 valence electrons. The minimum absolute atomic E-state index is 0.191. The Kier molecular flexibility index (Phi) is 6.58. The van der Waals surface area contributed by atoms with E-state index in [1.165, 1.54) is 0 Å². The fourth-order valence-electron chi connectivity index (χ4n) is 4.81. The maximum absolute atomic E-state index is 13.8. The number of anilines is 1. The second kappa shape index (κ2) is 10.1. The number of fused-ring (bicyclic) bond motifs is 3. The fourth-order valence-corrected chi connectivity index (χ4v) is 4.81. The number of carbonyl (C=O) groups is 2. The molecule has 0 saturated heterocycles. The van der Waals surface area contributed by atoms with Crippen LogP contribution in [-0.2, 0) is 22.5 Å². The molecule has 2 amide bonds. The predicted molar refractivity (Wildman–Crippen MR) is 140 cm³/mol. The maximum Gasteiger partial charge on any atom is 0.322 e. The van der Waals surface area contributed by atoms with E-state index >= 15 is 0 Å². The number of para-hydroxylation sites is 1. The third kappa shape index (κ3) is 4.75. The predicted octanol–water partition coefficient (Wildman–Crippen LogP) is 6.03. The van der Waals surface area contributed by atoms with Crippen molar-refractivity contribution in [3.05, 3.63) is 119 Å². The van der Waals surface area contributed by atoms with Gasteiger partial charge in [0.15, 0.2) is 0 Å². The van der Waals surface area contributed by atoms with Crippen molar-refractivity contribution in [1.29, 1.82) is 0 Å². The third-order valence-electron chi connectivity index (χ3n) is 6.44. The van der Waals surface area contributed by atoms with Crippen LogP contribution in [0.2, 0.25) is 0 Å². The molecule has 1 aliphatic heterocycles. The molecule has 3 aromatic carbocycles. The number of aromatic nitrogens is 1. The molecule has 1 N–H and O–H groups in total. The van der Waals surface area contributed by atoms with Crippen molar-refractivity contribution in [2.24, 2.45) is 0 Å². The van der Waals surface area contributed by atoms with Crippen molar-refractivity contribution in [2.75, 3.05) is 11.9 Å². The zero-order valence-corrected chi connectivity index (χ0v) is 20.5. The highest BCUT2D eigenvalue weighted by molar-refractivity contribution is 5.90. The lowest BCUT2D eigenvalue weighted by molar-refractivity contribution is -0.142. The summed E-state index contributed by atoms with van der Waals surface area (Å²) < 4.78 is 7.21. The van der Waals surface area contributed by atoms with Crippen molar-refractivity contribution in [3.8, 4) is 5.69 Å². The summed E-state index contributed by atoms with van der Waals surface area (Å²) in [7, 11) is 0. The zero-order chi connectivity index (χ0) is 25.1. The summed E-state index contributed by atoms with van der Waals surface area (Å²) in [6.45, 7) is 4.68. The number of hydrogen-bond acceptors (Lipinski definition) is 3. The van der Waals surface area contributed by atoms with Crippen LogP contribution in [0, 0.1) is 6.92 Å². The molecule has 0 saturated carbocycles. The number of carbonyl (C=O) groups excluding carboxylic acids is 2. The smallest absolute Gasteiger partial charge is 0.322 e. The molecule has 6 heteroatoms. The number of nitrogens with one attached hydrogen (secondary N) is 1. The average molecular weight is 480 g/mol. The van der Waals surface area contributed by atoms with Crippen molar-refractivity contribution in [3.63, 3.8) is 0 Å². The summed E-state index contributed by atoms with van der Waals surface area (Å²) in [5, 5.41) is 3.07. The number of urea groups is 1. The van der Waals surface area contributed by atoms with Crippen molar-refractivity contribution in [1.82, 2.24) is 9.47 Å². The lowest BCUT2D eigenvalue weighted by Crippen LogP contribution is -2.38. The molecule has 1 unspecified atom stereocenters. The highest BCUT2D eigenvalue weighted by Gasteiger charge is 2.33. The van der Waals surface area contributed by atoms with E-state index in [1.54, 1.807) is 6.92 Å². The molecule has 6 nitrogen and oxygen atoms in total. The average Bonchev–Trinajstić information content (AvgIpc) is 3.29. The monoisotopic (exact) mass is 479 g/mol. The Balaban J connectivity index is 1.48. The van der Waals surface area contributed by atoms with Gasteiger partial charge in [-0.3, -0.25) is 4.79 Å². The lowest BCUT2D eigenvalue weighted by Gasteiger charge is -2.31. The molecule has 0 fully saturated rings. The minimum Gasteiger partial charge on any atom is -0.466 e. The first-order valence-corrected chi connectivity index (χ1v) is 12.2. The van der Waals surface area contributed by atoms with Gasteiger partial charge in [0.25, 0.3) is 0 Å². The van der Waals surface area contributed by atoms with Gasteiger partial charge in [0, 0.05) is 17.6 Å². The number of esters is 1. The van der Waals surface area contributed by atoms with E-state index in [9.17, 15) is 9.59 Å². The van der Waals surface area contributed by atoms with E-state index in [4.69, 9.17) is 4.74 Å². The van der Waals surface area contributed by atoms with Crippen LogP contribution in [-0.4, -0.2) is 28.1 Å². The molecule has 4 aromatic rings. The minimum atomic E-state index is -0.268. The van der Waals surface area contributed by atoms with Gasteiger partial charge in [0.2, 0.25) is 0 Å². The molecule has 0 bridgehead atoms.